The number of methoxy groups -OCH3 is 2. The predicted octanol–water partition coefficient (Wildman–Crippen LogP) is 2.97. The molecule has 0 aromatic carbocycles. The van der Waals surface area contributed by atoms with E-state index in [4.69, 9.17) is 9.47 Å². The van der Waals surface area contributed by atoms with Gasteiger partial charge in [0.25, 0.3) is 0 Å². The van der Waals surface area contributed by atoms with Gasteiger partial charge < -0.3 is 9.47 Å². The molecule has 0 fully saturated rings. The van der Waals surface area contributed by atoms with Crippen molar-refractivity contribution in [2.75, 3.05) is 14.2 Å². The molecule has 0 bridgehead atoms. The van der Waals surface area contributed by atoms with Gasteiger partial charge in [-0.15, -0.1) is 0 Å². The standard InChI is InChI=1S/C13H26O3/c1-7-13(8-2,16-6)11(14)9-10-12(3,4)15-5/h7-10H2,1-6H3. The molecule has 3 nitrogen and oxygen atoms in total. The van der Waals surface area contributed by atoms with Gasteiger partial charge in [0.1, 0.15) is 5.60 Å². The highest BCUT2D eigenvalue weighted by molar-refractivity contribution is 5.87. The van der Waals surface area contributed by atoms with Crippen molar-refractivity contribution in [1.29, 1.82) is 0 Å². The summed E-state index contributed by atoms with van der Waals surface area (Å²) in [5.41, 5.74) is -0.833. The summed E-state index contributed by atoms with van der Waals surface area (Å²) in [4.78, 5) is 12.1. The molecule has 0 saturated carbocycles. The van der Waals surface area contributed by atoms with Crippen molar-refractivity contribution >= 4 is 5.78 Å². The van der Waals surface area contributed by atoms with E-state index >= 15 is 0 Å². The topological polar surface area (TPSA) is 35.5 Å². The van der Waals surface area contributed by atoms with Gasteiger partial charge in [0.15, 0.2) is 5.78 Å². The Balaban J connectivity index is 4.44. The van der Waals surface area contributed by atoms with Gasteiger partial charge in [-0.25, -0.2) is 0 Å². The first-order valence-electron chi connectivity index (χ1n) is 6.01. The number of carbonyl (C=O) groups excluding carboxylic acids is 1. The van der Waals surface area contributed by atoms with Crippen molar-refractivity contribution in [3.05, 3.63) is 0 Å². The molecule has 3 heteroatoms. The maximum atomic E-state index is 12.1. The van der Waals surface area contributed by atoms with Gasteiger partial charge in [0, 0.05) is 20.6 Å². The van der Waals surface area contributed by atoms with Gasteiger partial charge in [-0.2, -0.15) is 0 Å². The molecule has 0 unspecified atom stereocenters. The molecule has 0 aromatic rings. The Morgan fingerprint density at radius 2 is 1.56 bits per heavy atom. The van der Waals surface area contributed by atoms with Crippen LogP contribution in [-0.4, -0.2) is 31.2 Å². The lowest BCUT2D eigenvalue weighted by atomic mass is 9.87. The molecule has 0 atom stereocenters. The Kier molecular flexibility index (Phi) is 6.19. The summed E-state index contributed by atoms with van der Waals surface area (Å²) in [6.07, 6.45) is 2.70. The fraction of sp³-hybridized carbons (Fsp3) is 0.923. The average Bonchev–Trinajstić information content (AvgIpc) is 2.29. The van der Waals surface area contributed by atoms with Crippen LogP contribution in [0.4, 0.5) is 0 Å². The van der Waals surface area contributed by atoms with Crippen molar-refractivity contribution in [3.8, 4) is 0 Å². The van der Waals surface area contributed by atoms with E-state index in [2.05, 4.69) is 0 Å². The summed E-state index contributed by atoms with van der Waals surface area (Å²) >= 11 is 0. The molecule has 0 heterocycles. The quantitative estimate of drug-likeness (QED) is 0.643. The number of ether oxygens (including phenoxy) is 2. The van der Waals surface area contributed by atoms with Gasteiger partial charge in [-0.3, -0.25) is 4.79 Å². The summed E-state index contributed by atoms with van der Waals surface area (Å²) in [7, 11) is 3.29. The molecule has 96 valence electrons. The molecule has 0 spiro atoms. The molecule has 0 aliphatic carbocycles. The van der Waals surface area contributed by atoms with E-state index in [9.17, 15) is 4.79 Å². The van der Waals surface area contributed by atoms with E-state index < -0.39 is 5.60 Å². The third-order valence-corrected chi connectivity index (χ3v) is 3.55. The molecular weight excluding hydrogens is 204 g/mol. The first-order chi connectivity index (χ1) is 7.37. The zero-order valence-corrected chi connectivity index (χ0v) is 11.6. The maximum Gasteiger partial charge on any atom is 0.164 e. The highest BCUT2D eigenvalue weighted by Crippen LogP contribution is 2.25. The van der Waals surface area contributed by atoms with Crippen molar-refractivity contribution in [2.45, 2.75) is 64.6 Å². The Morgan fingerprint density at radius 3 is 1.88 bits per heavy atom. The molecule has 16 heavy (non-hydrogen) atoms. The van der Waals surface area contributed by atoms with Gasteiger partial charge in [-0.05, 0) is 33.1 Å². The smallest absolute Gasteiger partial charge is 0.164 e. The van der Waals surface area contributed by atoms with Gasteiger partial charge in [0.05, 0.1) is 5.60 Å². The summed E-state index contributed by atoms with van der Waals surface area (Å²) in [6.45, 7) is 7.97. The molecule has 0 aromatic heterocycles. The Bertz CT molecular complexity index is 209. The SMILES string of the molecule is CCC(CC)(OC)C(=O)CCC(C)(C)OC. The van der Waals surface area contributed by atoms with E-state index in [1.54, 1.807) is 14.2 Å². The zero-order chi connectivity index (χ0) is 12.8. The number of Topliss-reactive ketones (excluding diaryl/α,β-unsaturated/α-hetero) is 1. The molecule has 0 radical (unpaired) electrons. The predicted molar refractivity (Wildman–Crippen MR) is 65.7 cm³/mol. The lowest BCUT2D eigenvalue weighted by Gasteiger charge is -2.30. The minimum atomic E-state index is -0.593. The molecule has 0 rings (SSSR count). The molecule has 0 amide bonds. The molecular formula is C13H26O3. The summed E-state index contributed by atoms with van der Waals surface area (Å²) in [5.74, 6) is 0.185. The van der Waals surface area contributed by atoms with Crippen LogP contribution in [0.3, 0.4) is 0 Å². The molecule has 0 N–H and O–H groups in total. The summed E-state index contributed by atoms with van der Waals surface area (Å²) in [5, 5.41) is 0. The van der Waals surface area contributed by atoms with Gasteiger partial charge >= 0.3 is 0 Å². The minimum Gasteiger partial charge on any atom is -0.379 e. The number of hydrogen-bond donors (Lipinski definition) is 0. The van der Waals surface area contributed by atoms with E-state index in [1.165, 1.54) is 0 Å². The number of ketones is 1. The minimum absolute atomic E-state index is 0.185. The summed E-state index contributed by atoms with van der Waals surface area (Å²) in [6, 6.07) is 0. The maximum absolute atomic E-state index is 12.1. The van der Waals surface area contributed by atoms with Crippen LogP contribution >= 0.6 is 0 Å². The molecule has 0 aliphatic heterocycles. The van der Waals surface area contributed by atoms with Crippen molar-refractivity contribution in [3.63, 3.8) is 0 Å². The third-order valence-electron chi connectivity index (χ3n) is 3.55. The lowest BCUT2D eigenvalue weighted by Crippen LogP contribution is -2.40. The monoisotopic (exact) mass is 230 g/mol. The lowest BCUT2D eigenvalue weighted by molar-refractivity contribution is -0.143. The van der Waals surface area contributed by atoms with Gasteiger partial charge in [0.2, 0.25) is 0 Å². The van der Waals surface area contributed by atoms with Crippen molar-refractivity contribution in [1.82, 2.24) is 0 Å². The van der Waals surface area contributed by atoms with Crippen LogP contribution in [-0.2, 0) is 14.3 Å². The van der Waals surface area contributed by atoms with E-state index in [-0.39, 0.29) is 11.4 Å². The fourth-order valence-electron chi connectivity index (χ4n) is 1.79. The Hall–Kier alpha value is -0.410. The molecule has 0 saturated heterocycles. The second-order valence-electron chi connectivity index (χ2n) is 4.79. The zero-order valence-electron chi connectivity index (χ0n) is 11.6. The summed E-state index contributed by atoms with van der Waals surface area (Å²) < 4.78 is 10.7. The first kappa shape index (κ1) is 15.6. The fourth-order valence-corrected chi connectivity index (χ4v) is 1.79. The van der Waals surface area contributed by atoms with Crippen LogP contribution in [0, 0.1) is 0 Å². The van der Waals surface area contributed by atoms with Crippen LogP contribution in [0.25, 0.3) is 0 Å². The molecule has 0 aliphatic rings. The Morgan fingerprint density at radius 1 is 1.06 bits per heavy atom. The number of rotatable bonds is 8. The van der Waals surface area contributed by atoms with Crippen LogP contribution < -0.4 is 0 Å². The van der Waals surface area contributed by atoms with Crippen molar-refractivity contribution in [2.24, 2.45) is 0 Å². The van der Waals surface area contributed by atoms with E-state index in [1.807, 2.05) is 27.7 Å². The second-order valence-corrected chi connectivity index (χ2v) is 4.79. The largest absolute Gasteiger partial charge is 0.379 e. The van der Waals surface area contributed by atoms with Crippen LogP contribution in [0.15, 0.2) is 0 Å². The van der Waals surface area contributed by atoms with Crippen LogP contribution in [0.5, 0.6) is 0 Å². The van der Waals surface area contributed by atoms with E-state index in [0.29, 0.717) is 6.42 Å². The third kappa shape index (κ3) is 3.87. The second kappa shape index (κ2) is 6.36. The van der Waals surface area contributed by atoms with Crippen LogP contribution in [0.2, 0.25) is 0 Å². The first-order valence-corrected chi connectivity index (χ1v) is 6.01. The Labute approximate surface area is 99.5 Å². The van der Waals surface area contributed by atoms with Crippen LogP contribution in [0.1, 0.15) is 53.4 Å². The van der Waals surface area contributed by atoms with Crippen molar-refractivity contribution < 1.29 is 14.3 Å². The number of hydrogen-bond acceptors (Lipinski definition) is 3. The highest BCUT2D eigenvalue weighted by Gasteiger charge is 2.34. The highest BCUT2D eigenvalue weighted by atomic mass is 16.5. The van der Waals surface area contributed by atoms with E-state index in [0.717, 1.165) is 19.3 Å². The average molecular weight is 230 g/mol. The van der Waals surface area contributed by atoms with Gasteiger partial charge in [-0.1, -0.05) is 13.8 Å². The number of carbonyl (C=O) groups is 1. The normalized spacial score (nSPS) is 12.9.